The predicted octanol–water partition coefficient (Wildman–Crippen LogP) is 5.17. The Bertz CT molecular complexity index is 813. The quantitative estimate of drug-likeness (QED) is 0.557. The number of hydrogen-bond acceptors (Lipinski definition) is 2. The summed E-state index contributed by atoms with van der Waals surface area (Å²) in [6.07, 6.45) is 5.91. The van der Waals surface area contributed by atoms with Crippen molar-refractivity contribution in [3.63, 3.8) is 0 Å². The standard InChI is InChI=1S/C23H26O2/c1-18(11-6-5-9-16-23(2,3)22(24)25-4)17-20-14-10-13-19-12-7-8-15-21(19)20/h5-8,10,12-15,18H,11,17H2,1-4H3/b6-5+. The van der Waals surface area contributed by atoms with Crippen molar-refractivity contribution in [3.8, 4) is 11.8 Å². The van der Waals surface area contributed by atoms with Gasteiger partial charge in [-0.05, 0) is 55.0 Å². The number of carbonyl (C=O) groups excluding carboxylic acids is 1. The number of ether oxygens (including phenoxy) is 1. The van der Waals surface area contributed by atoms with Crippen LogP contribution in [-0.2, 0) is 16.0 Å². The SMILES string of the molecule is COC(=O)C(C)(C)C#C/C=C/CC(C)Cc1cccc2ccccc12. The van der Waals surface area contributed by atoms with Gasteiger partial charge in [0, 0.05) is 0 Å². The first-order valence-corrected chi connectivity index (χ1v) is 8.67. The molecule has 1 atom stereocenters. The molecule has 0 saturated heterocycles. The molecule has 2 nitrogen and oxygen atoms in total. The fraction of sp³-hybridized carbons (Fsp3) is 0.348. The second-order valence-corrected chi connectivity index (χ2v) is 6.97. The molecule has 2 aromatic rings. The van der Waals surface area contributed by atoms with E-state index >= 15 is 0 Å². The van der Waals surface area contributed by atoms with Crippen molar-refractivity contribution in [2.24, 2.45) is 11.3 Å². The van der Waals surface area contributed by atoms with E-state index in [0.717, 1.165) is 12.8 Å². The summed E-state index contributed by atoms with van der Waals surface area (Å²) in [5.41, 5.74) is 0.616. The van der Waals surface area contributed by atoms with Gasteiger partial charge in [0.2, 0.25) is 0 Å². The van der Waals surface area contributed by atoms with E-state index in [1.165, 1.54) is 23.4 Å². The van der Waals surface area contributed by atoms with Gasteiger partial charge in [-0.25, -0.2) is 0 Å². The van der Waals surface area contributed by atoms with Gasteiger partial charge in [0.25, 0.3) is 0 Å². The maximum atomic E-state index is 11.6. The fourth-order valence-corrected chi connectivity index (χ4v) is 2.82. The molecule has 0 heterocycles. The van der Waals surface area contributed by atoms with Crippen molar-refractivity contribution in [2.45, 2.75) is 33.6 Å². The Morgan fingerprint density at radius 3 is 2.68 bits per heavy atom. The summed E-state index contributed by atoms with van der Waals surface area (Å²) in [5.74, 6) is 6.12. The molecule has 0 spiro atoms. The van der Waals surface area contributed by atoms with E-state index in [9.17, 15) is 4.79 Å². The Morgan fingerprint density at radius 1 is 1.20 bits per heavy atom. The maximum absolute atomic E-state index is 11.6. The summed E-state index contributed by atoms with van der Waals surface area (Å²) < 4.78 is 4.75. The molecule has 0 amide bonds. The fourth-order valence-electron chi connectivity index (χ4n) is 2.82. The molecule has 0 aliphatic heterocycles. The molecule has 1 unspecified atom stereocenters. The molecule has 0 bridgehead atoms. The molecule has 0 saturated carbocycles. The lowest BCUT2D eigenvalue weighted by Gasteiger charge is -2.13. The minimum atomic E-state index is -0.770. The zero-order chi connectivity index (χ0) is 18.3. The highest BCUT2D eigenvalue weighted by atomic mass is 16.5. The largest absolute Gasteiger partial charge is 0.468 e. The normalized spacial score (nSPS) is 12.6. The molecule has 130 valence electrons. The second-order valence-electron chi connectivity index (χ2n) is 6.97. The Kier molecular flexibility index (Phi) is 6.42. The van der Waals surface area contributed by atoms with Gasteiger partial charge in [-0.3, -0.25) is 4.79 Å². The number of methoxy groups -OCH3 is 1. The Morgan fingerprint density at radius 2 is 1.92 bits per heavy atom. The van der Waals surface area contributed by atoms with E-state index in [4.69, 9.17) is 4.74 Å². The van der Waals surface area contributed by atoms with Crippen molar-refractivity contribution in [2.75, 3.05) is 7.11 Å². The molecule has 0 fully saturated rings. The summed E-state index contributed by atoms with van der Waals surface area (Å²) in [7, 11) is 1.39. The van der Waals surface area contributed by atoms with Crippen molar-refractivity contribution >= 4 is 16.7 Å². The zero-order valence-corrected chi connectivity index (χ0v) is 15.5. The summed E-state index contributed by atoms with van der Waals surface area (Å²) in [5, 5.41) is 2.62. The Balaban J connectivity index is 1.95. The topological polar surface area (TPSA) is 26.3 Å². The van der Waals surface area contributed by atoms with Crippen molar-refractivity contribution < 1.29 is 9.53 Å². The number of hydrogen-bond donors (Lipinski definition) is 0. The van der Waals surface area contributed by atoms with Crippen LogP contribution in [0.4, 0.5) is 0 Å². The van der Waals surface area contributed by atoms with Gasteiger partial charge < -0.3 is 4.74 Å². The van der Waals surface area contributed by atoms with Crippen LogP contribution in [0.2, 0.25) is 0 Å². The minimum Gasteiger partial charge on any atom is -0.468 e. The van der Waals surface area contributed by atoms with Crippen LogP contribution in [0.5, 0.6) is 0 Å². The first-order valence-electron chi connectivity index (χ1n) is 8.67. The molecule has 25 heavy (non-hydrogen) atoms. The van der Waals surface area contributed by atoms with E-state index in [1.807, 2.05) is 6.08 Å². The van der Waals surface area contributed by atoms with Gasteiger partial charge in [0.05, 0.1) is 7.11 Å². The highest BCUT2D eigenvalue weighted by Crippen LogP contribution is 2.22. The summed E-state index contributed by atoms with van der Waals surface area (Å²) >= 11 is 0. The third kappa shape index (κ3) is 5.22. The van der Waals surface area contributed by atoms with E-state index < -0.39 is 5.41 Å². The Labute approximate surface area is 150 Å². The van der Waals surface area contributed by atoms with Crippen molar-refractivity contribution in [1.29, 1.82) is 0 Å². The van der Waals surface area contributed by atoms with Crippen LogP contribution in [0, 0.1) is 23.2 Å². The molecule has 2 aromatic carbocycles. The van der Waals surface area contributed by atoms with Crippen molar-refractivity contribution in [3.05, 3.63) is 60.2 Å². The number of benzene rings is 2. The number of carbonyl (C=O) groups is 1. The van der Waals surface area contributed by atoms with E-state index in [2.05, 4.69) is 67.3 Å². The molecule has 0 radical (unpaired) electrons. The average molecular weight is 334 g/mol. The summed E-state index contributed by atoms with van der Waals surface area (Å²) in [6.45, 7) is 5.78. The van der Waals surface area contributed by atoms with Crippen LogP contribution >= 0.6 is 0 Å². The highest BCUT2D eigenvalue weighted by Gasteiger charge is 2.25. The highest BCUT2D eigenvalue weighted by molar-refractivity contribution is 5.85. The van der Waals surface area contributed by atoms with Crippen molar-refractivity contribution in [1.82, 2.24) is 0 Å². The average Bonchev–Trinajstić information content (AvgIpc) is 2.61. The molecule has 2 rings (SSSR count). The van der Waals surface area contributed by atoms with Crippen LogP contribution in [0.1, 0.15) is 32.8 Å². The lowest BCUT2D eigenvalue weighted by atomic mass is 9.93. The summed E-state index contributed by atoms with van der Waals surface area (Å²) in [6, 6.07) is 15.0. The van der Waals surface area contributed by atoms with Gasteiger partial charge in [0.1, 0.15) is 5.41 Å². The number of esters is 1. The lowest BCUT2D eigenvalue weighted by molar-refractivity contribution is -0.147. The molecule has 2 heteroatoms. The van der Waals surface area contributed by atoms with Crippen LogP contribution in [0.15, 0.2) is 54.6 Å². The third-order valence-electron chi connectivity index (χ3n) is 4.27. The summed E-state index contributed by atoms with van der Waals surface area (Å²) in [4.78, 5) is 11.6. The molecule has 0 N–H and O–H groups in total. The monoisotopic (exact) mass is 334 g/mol. The lowest BCUT2D eigenvalue weighted by Crippen LogP contribution is -2.23. The minimum absolute atomic E-state index is 0.308. The van der Waals surface area contributed by atoms with Crippen LogP contribution in [0.3, 0.4) is 0 Å². The van der Waals surface area contributed by atoms with E-state index in [-0.39, 0.29) is 5.97 Å². The van der Waals surface area contributed by atoms with Gasteiger partial charge in [0.15, 0.2) is 0 Å². The predicted molar refractivity (Wildman–Crippen MR) is 104 cm³/mol. The smallest absolute Gasteiger partial charge is 0.323 e. The molecular formula is C23H26O2. The van der Waals surface area contributed by atoms with E-state index in [1.54, 1.807) is 13.8 Å². The second kappa shape index (κ2) is 8.53. The number of rotatable bonds is 5. The number of fused-ring (bicyclic) bond motifs is 1. The zero-order valence-electron chi connectivity index (χ0n) is 15.5. The molecule has 0 aliphatic carbocycles. The van der Waals surface area contributed by atoms with Crippen LogP contribution in [0.25, 0.3) is 10.8 Å². The van der Waals surface area contributed by atoms with Gasteiger partial charge in [-0.2, -0.15) is 0 Å². The van der Waals surface area contributed by atoms with Crippen LogP contribution in [-0.4, -0.2) is 13.1 Å². The third-order valence-corrected chi connectivity index (χ3v) is 4.27. The maximum Gasteiger partial charge on any atom is 0.323 e. The first-order chi connectivity index (χ1) is 11.9. The molecule has 0 aromatic heterocycles. The van der Waals surface area contributed by atoms with Gasteiger partial charge >= 0.3 is 5.97 Å². The molecular weight excluding hydrogens is 308 g/mol. The Hall–Kier alpha value is -2.53. The van der Waals surface area contributed by atoms with Crippen LogP contribution < -0.4 is 0 Å². The number of allylic oxidation sites excluding steroid dienone is 2. The molecule has 0 aliphatic rings. The van der Waals surface area contributed by atoms with Gasteiger partial charge in [-0.15, -0.1) is 0 Å². The first kappa shape index (κ1) is 18.8. The van der Waals surface area contributed by atoms with E-state index in [0.29, 0.717) is 5.92 Å². The van der Waals surface area contributed by atoms with Gasteiger partial charge in [-0.1, -0.05) is 67.3 Å².